The quantitative estimate of drug-likeness (QED) is 0.867. The van der Waals surface area contributed by atoms with Gasteiger partial charge in [-0.05, 0) is 32.6 Å². The molecule has 0 aromatic carbocycles. The zero-order valence-corrected chi connectivity index (χ0v) is 10.0. The lowest BCUT2D eigenvalue weighted by Gasteiger charge is -2.18. The molecule has 5 nitrogen and oxygen atoms in total. The van der Waals surface area contributed by atoms with Crippen LogP contribution in [0.25, 0.3) is 0 Å². The Kier molecular flexibility index (Phi) is 2.24. The Morgan fingerprint density at radius 3 is 2.53 bits per heavy atom. The number of aliphatic carboxylic acids is 1. The monoisotopic (exact) mass is 235 g/mol. The van der Waals surface area contributed by atoms with E-state index in [0.29, 0.717) is 18.8 Å². The van der Waals surface area contributed by atoms with Gasteiger partial charge in [0.2, 0.25) is 0 Å². The van der Waals surface area contributed by atoms with Gasteiger partial charge in [-0.25, -0.2) is 4.79 Å². The van der Waals surface area contributed by atoms with Crippen LogP contribution in [0.4, 0.5) is 0 Å². The minimum atomic E-state index is -0.736. The second-order valence-corrected chi connectivity index (χ2v) is 5.26. The third-order valence-electron chi connectivity index (χ3n) is 4.12. The molecule has 2 fully saturated rings. The second-order valence-electron chi connectivity index (χ2n) is 5.26. The molecule has 0 saturated heterocycles. The molecule has 1 aromatic heterocycles. The maximum absolute atomic E-state index is 11.4. The molecule has 0 aliphatic heterocycles. The smallest absolute Gasteiger partial charge is 0.329 e. The lowest BCUT2D eigenvalue weighted by Crippen LogP contribution is -2.30. The van der Waals surface area contributed by atoms with Crippen LogP contribution in [0.15, 0.2) is 0 Å². The molecule has 0 bridgehead atoms. The van der Waals surface area contributed by atoms with Gasteiger partial charge in [-0.1, -0.05) is 12.8 Å². The van der Waals surface area contributed by atoms with Crippen LogP contribution in [0.2, 0.25) is 0 Å². The van der Waals surface area contributed by atoms with Gasteiger partial charge in [-0.2, -0.15) is 0 Å². The first-order valence-electron chi connectivity index (χ1n) is 6.31. The number of hydrogen-bond donors (Lipinski definition) is 1. The minimum absolute atomic E-state index is 0.410. The van der Waals surface area contributed by atoms with E-state index in [1.165, 1.54) is 12.8 Å². The summed E-state index contributed by atoms with van der Waals surface area (Å²) in [6.07, 6.45) is 6.09. The molecular formula is C12H17N3O2. The van der Waals surface area contributed by atoms with E-state index in [9.17, 15) is 9.90 Å². The van der Waals surface area contributed by atoms with Crippen molar-refractivity contribution in [1.29, 1.82) is 0 Å². The molecule has 1 aromatic rings. The van der Waals surface area contributed by atoms with Gasteiger partial charge in [0.15, 0.2) is 0 Å². The minimum Gasteiger partial charge on any atom is -0.479 e. The van der Waals surface area contributed by atoms with Crippen LogP contribution >= 0.6 is 0 Å². The van der Waals surface area contributed by atoms with Gasteiger partial charge in [-0.3, -0.25) is 4.57 Å². The molecule has 3 rings (SSSR count). The van der Waals surface area contributed by atoms with E-state index in [2.05, 4.69) is 10.2 Å². The third kappa shape index (κ3) is 1.48. The molecule has 0 unspecified atom stereocenters. The maximum atomic E-state index is 11.4. The van der Waals surface area contributed by atoms with Crippen molar-refractivity contribution in [3.05, 3.63) is 11.6 Å². The van der Waals surface area contributed by atoms with Crippen molar-refractivity contribution in [2.24, 2.45) is 0 Å². The number of carboxylic acids is 1. The number of hydrogen-bond acceptors (Lipinski definition) is 3. The summed E-state index contributed by atoms with van der Waals surface area (Å²) >= 11 is 0. The molecule has 5 heteroatoms. The van der Waals surface area contributed by atoms with E-state index in [4.69, 9.17) is 0 Å². The Morgan fingerprint density at radius 2 is 2.00 bits per heavy atom. The van der Waals surface area contributed by atoms with Crippen LogP contribution in [-0.4, -0.2) is 25.8 Å². The lowest BCUT2D eigenvalue weighted by molar-refractivity contribution is -0.142. The summed E-state index contributed by atoms with van der Waals surface area (Å²) in [6.45, 7) is 1.86. The SMILES string of the molecule is Cc1nnc(C2CCCC2)n1C1(C(=O)O)CC1. The van der Waals surface area contributed by atoms with Crippen molar-refractivity contribution in [2.45, 2.75) is 56.9 Å². The summed E-state index contributed by atoms with van der Waals surface area (Å²) in [6, 6.07) is 0. The number of nitrogens with zero attached hydrogens (tertiary/aromatic N) is 3. The number of rotatable bonds is 3. The van der Waals surface area contributed by atoms with E-state index in [1.807, 2.05) is 11.5 Å². The van der Waals surface area contributed by atoms with Gasteiger partial charge in [-0.15, -0.1) is 10.2 Å². The molecule has 0 radical (unpaired) electrons. The second kappa shape index (κ2) is 3.55. The van der Waals surface area contributed by atoms with Crippen molar-refractivity contribution >= 4 is 5.97 Å². The van der Waals surface area contributed by atoms with Crippen LogP contribution < -0.4 is 0 Å². The average Bonchev–Trinajstić information content (AvgIpc) is 2.74. The zero-order valence-electron chi connectivity index (χ0n) is 10.0. The van der Waals surface area contributed by atoms with Gasteiger partial charge in [0.05, 0.1) is 0 Å². The molecule has 92 valence electrons. The van der Waals surface area contributed by atoms with E-state index in [-0.39, 0.29) is 0 Å². The van der Waals surface area contributed by atoms with Gasteiger partial charge < -0.3 is 5.11 Å². The average molecular weight is 235 g/mol. The van der Waals surface area contributed by atoms with Crippen LogP contribution in [0.3, 0.4) is 0 Å². The van der Waals surface area contributed by atoms with Crippen molar-refractivity contribution < 1.29 is 9.90 Å². The van der Waals surface area contributed by atoms with Crippen molar-refractivity contribution in [3.8, 4) is 0 Å². The molecule has 0 atom stereocenters. The largest absolute Gasteiger partial charge is 0.479 e. The predicted molar refractivity (Wildman–Crippen MR) is 60.8 cm³/mol. The highest BCUT2D eigenvalue weighted by atomic mass is 16.4. The van der Waals surface area contributed by atoms with Crippen LogP contribution in [0.5, 0.6) is 0 Å². The molecular weight excluding hydrogens is 218 g/mol. The zero-order chi connectivity index (χ0) is 12.0. The summed E-state index contributed by atoms with van der Waals surface area (Å²) in [7, 11) is 0. The number of aryl methyl sites for hydroxylation is 1. The van der Waals surface area contributed by atoms with Gasteiger partial charge in [0, 0.05) is 5.92 Å². The molecule has 17 heavy (non-hydrogen) atoms. The topological polar surface area (TPSA) is 68.0 Å². The number of aromatic nitrogens is 3. The van der Waals surface area contributed by atoms with Gasteiger partial charge >= 0.3 is 5.97 Å². The first-order valence-corrected chi connectivity index (χ1v) is 6.31. The Morgan fingerprint density at radius 1 is 1.35 bits per heavy atom. The van der Waals surface area contributed by atoms with Crippen LogP contribution in [-0.2, 0) is 10.3 Å². The fourth-order valence-electron chi connectivity index (χ4n) is 3.01. The Balaban J connectivity index is 2.03. The Labute approximate surface area is 99.9 Å². The third-order valence-corrected chi connectivity index (χ3v) is 4.12. The highest BCUT2D eigenvalue weighted by Gasteiger charge is 2.54. The highest BCUT2D eigenvalue weighted by molar-refractivity contribution is 5.80. The molecule has 1 heterocycles. The fourth-order valence-corrected chi connectivity index (χ4v) is 3.01. The van der Waals surface area contributed by atoms with E-state index in [0.717, 1.165) is 24.5 Å². The first-order chi connectivity index (χ1) is 8.15. The van der Waals surface area contributed by atoms with Gasteiger partial charge in [0.25, 0.3) is 0 Å². The number of carbonyl (C=O) groups is 1. The normalized spacial score (nSPS) is 22.9. The fraction of sp³-hybridized carbons (Fsp3) is 0.750. The van der Waals surface area contributed by atoms with Crippen molar-refractivity contribution in [1.82, 2.24) is 14.8 Å². The van der Waals surface area contributed by atoms with Gasteiger partial charge in [0.1, 0.15) is 17.2 Å². The summed E-state index contributed by atoms with van der Waals surface area (Å²) in [5.74, 6) is 1.32. The van der Waals surface area contributed by atoms with E-state index < -0.39 is 11.5 Å². The Bertz CT molecular complexity index is 456. The molecule has 2 saturated carbocycles. The molecule has 0 spiro atoms. The first kappa shape index (κ1) is 10.7. The molecule has 1 N–H and O–H groups in total. The summed E-state index contributed by atoms with van der Waals surface area (Å²) < 4.78 is 1.89. The molecule has 0 amide bonds. The summed E-state index contributed by atoms with van der Waals surface area (Å²) in [4.78, 5) is 11.4. The standard InChI is InChI=1S/C12H17N3O2/c1-8-13-14-10(9-4-2-3-5-9)15(8)12(6-7-12)11(16)17/h9H,2-7H2,1H3,(H,16,17). The maximum Gasteiger partial charge on any atom is 0.329 e. The van der Waals surface area contributed by atoms with Crippen LogP contribution in [0.1, 0.15) is 56.1 Å². The molecule has 2 aliphatic rings. The lowest BCUT2D eigenvalue weighted by atomic mass is 10.1. The summed E-state index contributed by atoms with van der Waals surface area (Å²) in [5.41, 5.74) is -0.731. The van der Waals surface area contributed by atoms with E-state index in [1.54, 1.807) is 0 Å². The van der Waals surface area contributed by atoms with Crippen molar-refractivity contribution in [2.75, 3.05) is 0 Å². The van der Waals surface area contributed by atoms with Crippen LogP contribution in [0, 0.1) is 6.92 Å². The predicted octanol–water partition coefficient (Wildman–Crippen LogP) is 1.82. The van der Waals surface area contributed by atoms with Crippen molar-refractivity contribution in [3.63, 3.8) is 0 Å². The molecule has 2 aliphatic carbocycles. The number of carboxylic acid groups (broad SMARTS) is 1. The van der Waals surface area contributed by atoms with E-state index >= 15 is 0 Å². The highest BCUT2D eigenvalue weighted by Crippen LogP contribution is 2.47. The Hall–Kier alpha value is -1.39. The summed E-state index contributed by atoms with van der Waals surface area (Å²) in [5, 5.41) is 17.7.